The molecule has 0 unspecified atom stereocenters. The number of carbonyl (C=O) groups is 1. The van der Waals surface area contributed by atoms with E-state index in [-0.39, 0.29) is 5.91 Å². The monoisotopic (exact) mass is 422 g/mol. The highest BCUT2D eigenvalue weighted by molar-refractivity contribution is 6.06. The lowest BCUT2D eigenvalue weighted by molar-refractivity contribution is 0.0952. The first kappa shape index (κ1) is 22.4. The fourth-order valence-electron chi connectivity index (χ4n) is 3.53. The highest BCUT2D eigenvalue weighted by atomic mass is 16.5. The van der Waals surface area contributed by atoms with Crippen LogP contribution in [0.4, 0.5) is 0 Å². The van der Waals surface area contributed by atoms with Crippen LogP contribution in [0.2, 0.25) is 0 Å². The zero-order valence-corrected chi connectivity index (χ0v) is 18.9. The van der Waals surface area contributed by atoms with E-state index in [2.05, 4.69) is 10.3 Å². The van der Waals surface area contributed by atoms with Crippen molar-refractivity contribution < 1.29 is 19.0 Å². The van der Waals surface area contributed by atoms with Gasteiger partial charge >= 0.3 is 0 Å². The molecule has 6 nitrogen and oxygen atoms in total. The minimum absolute atomic E-state index is 0.147. The van der Waals surface area contributed by atoms with E-state index in [4.69, 9.17) is 14.2 Å². The molecule has 0 fully saturated rings. The summed E-state index contributed by atoms with van der Waals surface area (Å²) >= 11 is 0. The van der Waals surface area contributed by atoms with Crippen LogP contribution in [0.15, 0.2) is 36.4 Å². The summed E-state index contributed by atoms with van der Waals surface area (Å²) in [4.78, 5) is 17.7. The molecule has 3 aromatic rings. The highest BCUT2D eigenvalue weighted by Gasteiger charge is 2.17. The molecule has 0 saturated heterocycles. The number of aromatic nitrogens is 1. The van der Waals surface area contributed by atoms with Crippen molar-refractivity contribution in [1.29, 1.82) is 0 Å². The second kappa shape index (κ2) is 10.2. The molecule has 1 N–H and O–H groups in total. The summed E-state index contributed by atoms with van der Waals surface area (Å²) < 4.78 is 17.3. The van der Waals surface area contributed by atoms with Crippen molar-refractivity contribution in [2.45, 2.75) is 41.2 Å². The van der Waals surface area contributed by atoms with Crippen molar-refractivity contribution in [3.63, 3.8) is 0 Å². The van der Waals surface area contributed by atoms with Gasteiger partial charge in [-0.05, 0) is 63.9 Å². The third-order valence-electron chi connectivity index (χ3n) is 4.84. The van der Waals surface area contributed by atoms with Gasteiger partial charge in [0.15, 0.2) is 11.5 Å². The summed E-state index contributed by atoms with van der Waals surface area (Å²) in [6, 6.07) is 11.5. The number of nitrogens with zero attached hydrogens (tertiary/aromatic N) is 1. The van der Waals surface area contributed by atoms with Crippen molar-refractivity contribution in [2.24, 2.45) is 0 Å². The molecule has 31 heavy (non-hydrogen) atoms. The first-order chi connectivity index (χ1) is 15.0. The van der Waals surface area contributed by atoms with E-state index < -0.39 is 0 Å². The SMILES string of the molecule is CCOc1cc(CNC(=O)c2cc(C)nc3c(C)cccc23)cc(OCC)c1OCC. The maximum absolute atomic E-state index is 13.1. The molecule has 0 radical (unpaired) electrons. The number of ether oxygens (including phenoxy) is 3. The highest BCUT2D eigenvalue weighted by Crippen LogP contribution is 2.39. The van der Waals surface area contributed by atoms with Gasteiger partial charge in [-0.3, -0.25) is 9.78 Å². The largest absolute Gasteiger partial charge is 0.490 e. The number of hydrogen-bond donors (Lipinski definition) is 1. The second-order valence-electron chi connectivity index (χ2n) is 7.19. The lowest BCUT2D eigenvalue weighted by Crippen LogP contribution is -2.23. The van der Waals surface area contributed by atoms with E-state index in [1.807, 2.05) is 71.0 Å². The summed E-state index contributed by atoms with van der Waals surface area (Å²) in [5.41, 5.74) is 4.20. The minimum Gasteiger partial charge on any atom is -0.490 e. The molecule has 1 aromatic heterocycles. The van der Waals surface area contributed by atoms with Gasteiger partial charge in [0.1, 0.15) is 0 Å². The summed E-state index contributed by atoms with van der Waals surface area (Å²) in [7, 11) is 0. The molecular formula is C25H30N2O4. The maximum Gasteiger partial charge on any atom is 0.252 e. The van der Waals surface area contributed by atoms with Crippen molar-refractivity contribution in [3.05, 3.63) is 58.8 Å². The number of pyridine rings is 1. The van der Waals surface area contributed by atoms with Gasteiger partial charge in [0, 0.05) is 17.6 Å². The summed E-state index contributed by atoms with van der Waals surface area (Å²) in [5, 5.41) is 3.87. The predicted octanol–water partition coefficient (Wildman–Crippen LogP) is 4.98. The molecule has 0 atom stereocenters. The molecule has 6 heteroatoms. The van der Waals surface area contributed by atoms with Crippen LogP contribution >= 0.6 is 0 Å². The van der Waals surface area contributed by atoms with Gasteiger partial charge in [0.2, 0.25) is 5.75 Å². The van der Waals surface area contributed by atoms with Gasteiger partial charge in [0.05, 0.1) is 30.9 Å². The van der Waals surface area contributed by atoms with E-state index in [1.54, 1.807) is 0 Å². The number of amides is 1. The van der Waals surface area contributed by atoms with Gasteiger partial charge in [0.25, 0.3) is 5.91 Å². The number of rotatable bonds is 9. The molecule has 0 aliphatic carbocycles. The fraction of sp³-hybridized carbons (Fsp3) is 0.360. The third-order valence-corrected chi connectivity index (χ3v) is 4.84. The van der Waals surface area contributed by atoms with E-state index in [9.17, 15) is 4.79 Å². The Morgan fingerprint density at radius 3 is 2.19 bits per heavy atom. The molecule has 164 valence electrons. The molecule has 0 spiro atoms. The number of nitrogens with one attached hydrogen (secondary N) is 1. The Balaban J connectivity index is 1.89. The normalized spacial score (nSPS) is 10.7. The second-order valence-corrected chi connectivity index (χ2v) is 7.19. The van der Waals surface area contributed by atoms with E-state index in [0.717, 1.165) is 27.7 Å². The van der Waals surface area contributed by atoms with Crippen molar-refractivity contribution in [1.82, 2.24) is 10.3 Å². The number of para-hydroxylation sites is 1. The topological polar surface area (TPSA) is 69.7 Å². The lowest BCUT2D eigenvalue weighted by atomic mass is 10.0. The molecule has 1 heterocycles. The molecule has 0 aliphatic heterocycles. The molecule has 1 amide bonds. The number of fused-ring (bicyclic) bond motifs is 1. The van der Waals surface area contributed by atoms with Crippen LogP contribution in [-0.4, -0.2) is 30.7 Å². The summed E-state index contributed by atoms with van der Waals surface area (Å²) in [5.74, 6) is 1.67. The Bertz CT molecular complexity index is 1050. The summed E-state index contributed by atoms with van der Waals surface area (Å²) in [6.45, 7) is 11.5. The molecule has 0 aliphatic rings. The number of benzene rings is 2. The van der Waals surface area contributed by atoms with Crippen LogP contribution in [0.1, 0.15) is 48.0 Å². The Labute approximate surface area is 183 Å². The van der Waals surface area contributed by atoms with Gasteiger partial charge in [-0.2, -0.15) is 0 Å². The van der Waals surface area contributed by atoms with Crippen molar-refractivity contribution >= 4 is 16.8 Å². The van der Waals surface area contributed by atoms with Gasteiger partial charge in [-0.1, -0.05) is 18.2 Å². The Morgan fingerprint density at radius 2 is 1.58 bits per heavy atom. The smallest absolute Gasteiger partial charge is 0.252 e. The van der Waals surface area contributed by atoms with Gasteiger partial charge < -0.3 is 19.5 Å². The number of aryl methyl sites for hydroxylation is 2. The van der Waals surface area contributed by atoms with Crippen molar-refractivity contribution in [3.8, 4) is 17.2 Å². The first-order valence-electron chi connectivity index (χ1n) is 10.7. The van der Waals surface area contributed by atoms with Crippen LogP contribution in [-0.2, 0) is 6.54 Å². The van der Waals surface area contributed by atoms with Crippen molar-refractivity contribution in [2.75, 3.05) is 19.8 Å². The first-order valence-corrected chi connectivity index (χ1v) is 10.7. The zero-order chi connectivity index (χ0) is 22.4. The van der Waals surface area contributed by atoms with E-state index in [0.29, 0.717) is 49.2 Å². The Morgan fingerprint density at radius 1 is 0.935 bits per heavy atom. The third kappa shape index (κ3) is 5.08. The van der Waals surface area contributed by atoms with E-state index >= 15 is 0 Å². The minimum atomic E-state index is -0.147. The van der Waals surface area contributed by atoms with Crippen LogP contribution in [0.5, 0.6) is 17.2 Å². The van der Waals surface area contributed by atoms with Crippen LogP contribution < -0.4 is 19.5 Å². The van der Waals surface area contributed by atoms with Gasteiger partial charge in [-0.25, -0.2) is 0 Å². The van der Waals surface area contributed by atoms with Crippen LogP contribution in [0.25, 0.3) is 10.9 Å². The Kier molecular flexibility index (Phi) is 7.34. The standard InChI is InChI=1S/C25H30N2O4/c1-6-29-21-13-18(14-22(30-7-2)24(21)31-8-3)15-26-25(28)20-12-17(5)27-23-16(4)10-9-11-19(20)23/h9-14H,6-8,15H2,1-5H3,(H,26,28). The zero-order valence-electron chi connectivity index (χ0n) is 18.9. The quantitative estimate of drug-likeness (QED) is 0.527. The average Bonchev–Trinajstić information content (AvgIpc) is 2.75. The van der Waals surface area contributed by atoms with Gasteiger partial charge in [-0.15, -0.1) is 0 Å². The molecule has 0 saturated carbocycles. The van der Waals surface area contributed by atoms with E-state index in [1.165, 1.54) is 0 Å². The summed E-state index contributed by atoms with van der Waals surface area (Å²) in [6.07, 6.45) is 0. The molecule has 3 rings (SSSR count). The lowest BCUT2D eigenvalue weighted by Gasteiger charge is -2.17. The fourth-order valence-corrected chi connectivity index (χ4v) is 3.53. The Hall–Kier alpha value is -3.28. The average molecular weight is 423 g/mol. The predicted molar refractivity (Wildman–Crippen MR) is 122 cm³/mol. The molecule has 0 bridgehead atoms. The van der Waals surface area contributed by atoms with Crippen LogP contribution in [0, 0.1) is 13.8 Å². The maximum atomic E-state index is 13.1. The number of hydrogen-bond acceptors (Lipinski definition) is 5. The molecule has 2 aromatic carbocycles. The van der Waals surface area contributed by atoms with Crippen LogP contribution in [0.3, 0.4) is 0 Å². The molecular weight excluding hydrogens is 392 g/mol. The number of carbonyl (C=O) groups excluding carboxylic acids is 1.